The first kappa shape index (κ1) is 14.3. The summed E-state index contributed by atoms with van der Waals surface area (Å²) in [5, 5.41) is 19.8. The molecule has 1 heterocycles. The zero-order chi connectivity index (χ0) is 14.7. The number of hydrogen-bond donors (Lipinski definition) is 1. The van der Waals surface area contributed by atoms with E-state index in [1.54, 1.807) is 12.1 Å². The number of nitro benzene ring substituents is 1. The van der Waals surface area contributed by atoms with E-state index >= 15 is 0 Å². The molecular weight excluding hydrogens is 306 g/mol. The van der Waals surface area contributed by atoms with Crippen molar-refractivity contribution >= 4 is 34.6 Å². The lowest BCUT2D eigenvalue weighted by Crippen LogP contribution is -2.02. The molecule has 6 nitrogen and oxygen atoms in total. The highest BCUT2D eigenvalue weighted by Gasteiger charge is 2.18. The van der Waals surface area contributed by atoms with Gasteiger partial charge in [-0.15, -0.1) is 11.3 Å². The summed E-state index contributed by atoms with van der Waals surface area (Å²) in [6.07, 6.45) is 0. The van der Waals surface area contributed by atoms with Gasteiger partial charge in [0.05, 0.1) is 14.8 Å². The van der Waals surface area contributed by atoms with Gasteiger partial charge in [-0.2, -0.15) is 0 Å². The van der Waals surface area contributed by atoms with Crippen molar-refractivity contribution in [1.82, 2.24) is 0 Å². The lowest BCUT2D eigenvalue weighted by atomic mass is 10.2. The third-order valence-corrected chi connectivity index (χ3v) is 3.61. The van der Waals surface area contributed by atoms with Crippen molar-refractivity contribution in [2.75, 3.05) is 0 Å². The zero-order valence-electron chi connectivity index (χ0n) is 9.91. The molecule has 104 valence electrons. The molecule has 2 rings (SSSR count). The lowest BCUT2D eigenvalue weighted by Gasteiger charge is -2.06. The summed E-state index contributed by atoms with van der Waals surface area (Å²) < 4.78 is 5.92. The fraction of sp³-hybridized carbons (Fsp3) is 0.0833. The van der Waals surface area contributed by atoms with Crippen LogP contribution in [-0.4, -0.2) is 16.0 Å². The first-order chi connectivity index (χ1) is 9.47. The van der Waals surface area contributed by atoms with E-state index in [1.807, 2.05) is 0 Å². The molecule has 0 saturated heterocycles. The van der Waals surface area contributed by atoms with Crippen LogP contribution in [0.4, 0.5) is 5.69 Å². The van der Waals surface area contributed by atoms with Gasteiger partial charge in [-0.1, -0.05) is 11.6 Å². The summed E-state index contributed by atoms with van der Waals surface area (Å²) in [5.74, 6) is -1.26. The smallest absolute Gasteiger partial charge is 0.335 e. The minimum atomic E-state index is -1.18. The van der Waals surface area contributed by atoms with Crippen LogP contribution in [0.3, 0.4) is 0 Å². The van der Waals surface area contributed by atoms with Gasteiger partial charge in [-0.3, -0.25) is 10.1 Å². The van der Waals surface area contributed by atoms with Crippen LogP contribution in [0.5, 0.6) is 5.75 Å². The minimum Gasteiger partial charge on any atom is -0.481 e. The maximum absolute atomic E-state index is 10.9. The van der Waals surface area contributed by atoms with Gasteiger partial charge in [0.25, 0.3) is 0 Å². The Morgan fingerprint density at radius 2 is 2.15 bits per heavy atom. The highest BCUT2D eigenvalue weighted by atomic mass is 35.5. The van der Waals surface area contributed by atoms with E-state index in [4.69, 9.17) is 21.4 Å². The van der Waals surface area contributed by atoms with Crippen molar-refractivity contribution in [2.24, 2.45) is 0 Å². The molecule has 0 amide bonds. The normalized spacial score (nSPS) is 10.2. The van der Waals surface area contributed by atoms with Crippen molar-refractivity contribution in [3.63, 3.8) is 0 Å². The van der Waals surface area contributed by atoms with Gasteiger partial charge in [0.2, 0.25) is 0 Å². The number of benzene rings is 1. The number of ether oxygens (including phenoxy) is 1. The Morgan fingerprint density at radius 1 is 1.40 bits per heavy atom. The number of carboxylic acids is 1. The van der Waals surface area contributed by atoms with Crippen LogP contribution < -0.4 is 4.74 Å². The van der Waals surface area contributed by atoms with Crippen LogP contribution in [0.1, 0.15) is 15.2 Å². The summed E-state index contributed by atoms with van der Waals surface area (Å²) in [4.78, 5) is 21.9. The Labute approximate surface area is 122 Å². The van der Waals surface area contributed by atoms with Crippen molar-refractivity contribution in [3.8, 4) is 5.75 Å². The molecule has 0 aliphatic carbocycles. The number of nitrogens with zero attached hydrogens (tertiary/aromatic N) is 1. The predicted octanol–water partition coefficient (Wildman–Crippen LogP) is 3.59. The number of nitro groups is 1. The molecular formula is C12H8ClNO5S. The Bertz CT molecular complexity index is 670. The number of halogens is 1. The number of hydrogen-bond acceptors (Lipinski definition) is 5. The van der Waals surface area contributed by atoms with Crippen molar-refractivity contribution in [2.45, 2.75) is 6.61 Å². The maximum Gasteiger partial charge on any atom is 0.335 e. The summed E-state index contributed by atoms with van der Waals surface area (Å²) >= 11 is 7.05. The Balaban J connectivity index is 2.25. The second-order valence-electron chi connectivity index (χ2n) is 3.74. The Kier molecular flexibility index (Phi) is 4.21. The van der Waals surface area contributed by atoms with Crippen LogP contribution >= 0.6 is 22.9 Å². The van der Waals surface area contributed by atoms with E-state index in [0.29, 0.717) is 4.34 Å². The first-order valence-corrected chi connectivity index (χ1v) is 6.55. The minimum absolute atomic E-state index is 0.0742. The number of carbonyl (C=O) groups is 1. The van der Waals surface area contributed by atoms with Crippen LogP contribution in [0.25, 0.3) is 0 Å². The molecule has 0 atom stereocenters. The summed E-state index contributed by atoms with van der Waals surface area (Å²) in [5.41, 5.74) is -0.354. The molecule has 1 aromatic heterocycles. The topological polar surface area (TPSA) is 89.7 Å². The molecule has 0 unspecified atom stereocenters. The fourth-order valence-corrected chi connectivity index (χ4v) is 2.49. The molecule has 0 fully saturated rings. The zero-order valence-corrected chi connectivity index (χ0v) is 11.5. The molecule has 1 N–H and O–H groups in total. The largest absolute Gasteiger partial charge is 0.481 e. The predicted molar refractivity (Wildman–Crippen MR) is 73.7 cm³/mol. The molecule has 1 aromatic carbocycles. The summed E-state index contributed by atoms with van der Waals surface area (Å²) in [6, 6.07) is 6.83. The number of carboxylic acid groups (broad SMARTS) is 1. The van der Waals surface area contributed by atoms with Gasteiger partial charge >= 0.3 is 11.7 Å². The molecule has 20 heavy (non-hydrogen) atoms. The van der Waals surface area contributed by atoms with Crippen molar-refractivity contribution in [3.05, 3.63) is 55.2 Å². The van der Waals surface area contributed by atoms with Crippen molar-refractivity contribution in [1.29, 1.82) is 0 Å². The van der Waals surface area contributed by atoms with Crippen molar-refractivity contribution < 1.29 is 19.6 Å². The lowest BCUT2D eigenvalue weighted by molar-refractivity contribution is -0.385. The highest BCUT2D eigenvalue weighted by Crippen LogP contribution is 2.30. The second-order valence-corrected chi connectivity index (χ2v) is 5.54. The number of rotatable bonds is 5. The van der Waals surface area contributed by atoms with Gasteiger partial charge in [0.1, 0.15) is 6.61 Å². The summed E-state index contributed by atoms with van der Waals surface area (Å²) in [6.45, 7) is 0.0846. The van der Waals surface area contributed by atoms with E-state index < -0.39 is 10.9 Å². The van der Waals surface area contributed by atoms with E-state index in [9.17, 15) is 14.9 Å². The maximum atomic E-state index is 10.9. The molecule has 0 bridgehead atoms. The molecule has 0 spiro atoms. The van der Waals surface area contributed by atoms with Gasteiger partial charge < -0.3 is 9.84 Å². The van der Waals surface area contributed by atoms with Crippen LogP contribution in [0, 0.1) is 10.1 Å². The average Bonchev–Trinajstić information content (AvgIpc) is 2.81. The van der Waals surface area contributed by atoms with Crippen LogP contribution in [0.15, 0.2) is 30.3 Å². The van der Waals surface area contributed by atoms with E-state index in [1.165, 1.54) is 11.3 Å². The third-order valence-electron chi connectivity index (χ3n) is 2.40. The highest BCUT2D eigenvalue weighted by molar-refractivity contribution is 7.16. The quantitative estimate of drug-likeness (QED) is 0.673. The summed E-state index contributed by atoms with van der Waals surface area (Å²) in [7, 11) is 0. The molecule has 0 saturated carbocycles. The Morgan fingerprint density at radius 3 is 2.70 bits per heavy atom. The molecule has 0 aliphatic rings. The Hall–Kier alpha value is -2.12. The first-order valence-electron chi connectivity index (χ1n) is 5.36. The number of thiophene rings is 1. The van der Waals surface area contributed by atoms with Gasteiger partial charge in [-0.05, 0) is 18.2 Å². The third kappa shape index (κ3) is 3.25. The molecule has 8 heteroatoms. The number of aromatic carboxylic acids is 1. The molecule has 0 aliphatic heterocycles. The van der Waals surface area contributed by atoms with Gasteiger partial charge in [0.15, 0.2) is 5.75 Å². The van der Waals surface area contributed by atoms with Gasteiger partial charge in [0, 0.05) is 17.0 Å². The van der Waals surface area contributed by atoms with Crippen LogP contribution in [0.2, 0.25) is 4.34 Å². The SMILES string of the molecule is O=C(O)c1ccc([N+](=O)[O-])c(OCc2ccc(Cl)s2)c1. The molecule has 0 radical (unpaired) electrons. The second kappa shape index (κ2) is 5.89. The van der Waals surface area contributed by atoms with E-state index in [-0.39, 0.29) is 23.6 Å². The standard InChI is InChI=1S/C12H8ClNO5S/c13-11-4-2-8(20-11)6-19-10-5-7(12(15)16)1-3-9(10)14(17)18/h1-5H,6H2,(H,15,16). The molecule has 2 aromatic rings. The van der Waals surface area contributed by atoms with E-state index in [0.717, 1.165) is 23.1 Å². The van der Waals surface area contributed by atoms with E-state index in [2.05, 4.69) is 0 Å². The van der Waals surface area contributed by atoms with Crippen LogP contribution in [-0.2, 0) is 6.61 Å². The average molecular weight is 314 g/mol. The van der Waals surface area contributed by atoms with Gasteiger partial charge in [-0.25, -0.2) is 4.79 Å². The monoisotopic (exact) mass is 313 g/mol. The fourth-order valence-electron chi connectivity index (χ4n) is 1.49.